The average Bonchev–Trinajstić information content (AvgIpc) is 3.11. The highest BCUT2D eigenvalue weighted by atomic mass is 16.5. The number of carbonyl (C=O) groups excluding carboxylic acids is 1. The van der Waals surface area contributed by atoms with E-state index in [2.05, 4.69) is 22.4 Å². The smallest absolute Gasteiger partial charge is 0.268 e. The average molecular weight is 297 g/mol. The number of fused-ring (bicyclic) bond motifs is 1. The summed E-state index contributed by atoms with van der Waals surface area (Å²) in [7, 11) is 0. The Bertz CT molecular complexity index is 801. The van der Waals surface area contributed by atoms with Crippen molar-refractivity contribution in [2.45, 2.75) is 33.2 Å². The molecule has 5 heteroatoms. The Morgan fingerprint density at radius 2 is 2.18 bits per heavy atom. The Kier molecular flexibility index (Phi) is 3.96. The van der Waals surface area contributed by atoms with Crippen molar-refractivity contribution < 1.29 is 9.32 Å². The highest BCUT2D eigenvalue weighted by Crippen LogP contribution is 2.21. The summed E-state index contributed by atoms with van der Waals surface area (Å²) >= 11 is 0. The molecule has 5 nitrogen and oxygen atoms in total. The zero-order valence-corrected chi connectivity index (χ0v) is 12.8. The van der Waals surface area contributed by atoms with Crippen LogP contribution in [0, 0.1) is 6.92 Å². The monoisotopic (exact) mass is 297 g/mol. The summed E-state index contributed by atoms with van der Waals surface area (Å²) in [6.45, 7) is 4.38. The summed E-state index contributed by atoms with van der Waals surface area (Å²) in [4.78, 5) is 15.5. The molecule has 0 bridgehead atoms. The van der Waals surface area contributed by atoms with Crippen molar-refractivity contribution in [3.8, 4) is 0 Å². The standard InChI is InChI=1S/C17H19N3O2/c1-3-6-12-9-13(22-20-12)10-18-17(21)16-11(2)14-7-4-5-8-15(14)19-16/h4-5,7-9,19H,3,6,10H2,1-2H3,(H,18,21). The number of para-hydroxylation sites is 1. The van der Waals surface area contributed by atoms with Crippen molar-refractivity contribution in [2.24, 2.45) is 0 Å². The van der Waals surface area contributed by atoms with Crippen LogP contribution in [-0.2, 0) is 13.0 Å². The van der Waals surface area contributed by atoms with Crippen LogP contribution in [0.5, 0.6) is 0 Å². The molecule has 0 spiro atoms. The predicted molar refractivity (Wildman–Crippen MR) is 84.7 cm³/mol. The minimum absolute atomic E-state index is 0.137. The molecule has 22 heavy (non-hydrogen) atoms. The van der Waals surface area contributed by atoms with Gasteiger partial charge in [0.2, 0.25) is 0 Å². The fraction of sp³-hybridized carbons (Fsp3) is 0.294. The highest BCUT2D eigenvalue weighted by Gasteiger charge is 2.15. The molecule has 2 aromatic heterocycles. The van der Waals surface area contributed by atoms with Crippen molar-refractivity contribution in [1.29, 1.82) is 0 Å². The van der Waals surface area contributed by atoms with Gasteiger partial charge in [0.05, 0.1) is 12.2 Å². The Hall–Kier alpha value is -2.56. The highest BCUT2D eigenvalue weighted by molar-refractivity contribution is 6.00. The lowest BCUT2D eigenvalue weighted by molar-refractivity contribution is 0.0942. The van der Waals surface area contributed by atoms with Gasteiger partial charge >= 0.3 is 0 Å². The second-order valence-corrected chi connectivity index (χ2v) is 5.39. The number of carbonyl (C=O) groups is 1. The minimum Gasteiger partial charge on any atom is -0.359 e. The quantitative estimate of drug-likeness (QED) is 0.758. The van der Waals surface area contributed by atoms with E-state index < -0.39 is 0 Å². The van der Waals surface area contributed by atoms with E-state index in [-0.39, 0.29) is 5.91 Å². The number of nitrogens with zero attached hydrogens (tertiary/aromatic N) is 1. The lowest BCUT2D eigenvalue weighted by Gasteiger charge is -2.01. The van der Waals surface area contributed by atoms with Crippen LogP contribution in [0.25, 0.3) is 10.9 Å². The van der Waals surface area contributed by atoms with E-state index in [9.17, 15) is 4.79 Å². The summed E-state index contributed by atoms with van der Waals surface area (Å²) in [5.74, 6) is 0.535. The fourth-order valence-electron chi connectivity index (χ4n) is 2.58. The molecule has 0 unspecified atom stereocenters. The van der Waals surface area contributed by atoms with Gasteiger partial charge in [0.15, 0.2) is 5.76 Å². The lowest BCUT2D eigenvalue weighted by atomic mass is 10.1. The van der Waals surface area contributed by atoms with Crippen LogP contribution < -0.4 is 5.32 Å². The summed E-state index contributed by atoms with van der Waals surface area (Å²) < 4.78 is 5.22. The third kappa shape index (κ3) is 2.74. The van der Waals surface area contributed by atoms with Crippen LogP contribution in [0.1, 0.15) is 40.9 Å². The third-order valence-electron chi connectivity index (χ3n) is 3.73. The number of aromatic amines is 1. The summed E-state index contributed by atoms with van der Waals surface area (Å²) in [5, 5.41) is 7.91. The van der Waals surface area contributed by atoms with E-state index in [0.717, 1.165) is 35.0 Å². The first-order valence-corrected chi connectivity index (χ1v) is 7.49. The van der Waals surface area contributed by atoms with E-state index in [1.54, 1.807) is 0 Å². The van der Waals surface area contributed by atoms with Crippen molar-refractivity contribution in [2.75, 3.05) is 0 Å². The molecule has 0 aliphatic heterocycles. The molecule has 2 heterocycles. The van der Waals surface area contributed by atoms with Gasteiger partial charge in [0, 0.05) is 17.0 Å². The molecular formula is C17H19N3O2. The van der Waals surface area contributed by atoms with E-state index in [0.29, 0.717) is 18.0 Å². The number of aryl methyl sites for hydroxylation is 2. The number of aromatic nitrogens is 2. The van der Waals surface area contributed by atoms with Gasteiger partial charge in [-0.25, -0.2) is 0 Å². The molecular weight excluding hydrogens is 278 g/mol. The normalized spacial score (nSPS) is 11.0. The number of benzene rings is 1. The van der Waals surface area contributed by atoms with Gasteiger partial charge in [-0.2, -0.15) is 0 Å². The molecule has 1 amide bonds. The number of amides is 1. The number of H-pyrrole nitrogens is 1. The summed E-state index contributed by atoms with van der Waals surface area (Å²) in [5.41, 5.74) is 3.44. The van der Waals surface area contributed by atoms with Gasteiger partial charge in [-0.3, -0.25) is 4.79 Å². The number of rotatable bonds is 5. The fourth-order valence-corrected chi connectivity index (χ4v) is 2.58. The van der Waals surface area contributed by atoms with Gasteiger partial charge in [0.1, 0.15) is 5.69 Å². The molecule has 1 aromatic carbocycles. The van der Waals surface area contributed by atoms with Crippen molar-refractivity contribution >= 4 is 16.8 Å². The molecule has 0 atom stereocenters. The maximum absolute atomic E-state index is 12.3. The molecule has 114 valence electrons. The summed E-state index contributed by atoms with van der Waals surface area (Å²) in [6.07, 6.45) is 1.91. The van der Waals surface area contributed by atoms with Gasteiger partial charge in [-0.05, 0) is 25.0 Å². The lowest BCUT2D eigenvalue weighted by Crippen LogP contribution is -2.23. The van der Waals surface area contributed by atoms with E-state index in [1.807, 2.05) is 37.3 Å². The van der Waals surface area contributed by atoms with Gasteiger partial charge < -0.3 is 14.8 Å². The van der Waals surface area contributed by atoms with E-state index in [4.69, 9.17) is 4.52 Å². The number of nitrogens with one attached hydrogen (secondary N) is 2. The predicted octanol–water partition coefficient (Wildman–Crippen LogP) is 3.35. The van der Waals surface area contributed by atoms with Gasteiger partial charge in [-0.1, -0.05) is 36.7 Å². The molecule has 2 N–H and O–H groups in total. The zero-order valence-electron chi connectivity index (χ0n) is 12.8. The van der Waals surface area contributed by atoms with E-state index in [1.165, 1.54) is 0 Å². The zero-order chi connectivity index (χ0) is 15.5. The van der Waals surface area contributed by atoms with E-state index >= 15 is 0 Å². The van der Waals surface area contributed by atoms with Crippen molar-refractivity contribution in [1.82, 2.24) is 15.5 Å². The maximum Gasteiger partial charge on any atom is 0.268 e. The SMILES string of the molecule is CCCc1cc(CNC(=O)c2[nH]c3ccccc3c2C)on1. The topological polar surface area (TPSA) is 70.9 Å². The number of hydrogen-bond donors (Lipinski definition) is 2. The van der Waals surface area contributed by atoms with Crippen LogP contribution in [-0.4, -0.2) is 16.0 Å². The van der Waals surface area contributed by atoms with Gasteiger partial charge in [-0.15, -0.1) is 0 Å². The van der Waals surface area contributed by atoms with Crippen molar-refractivity contribution in [3.05, 3.63) is 53.0 Å². The van der Waals surface area contributed by atoms with Crippen LogP contribution in [0.2, 0.25) is 0 Å². The maximum atomic E-state index is 12.3. The molecule has 0 saturated heterocycles. The Morgan fingerprint density at radius 1 is 1.36 bits per heavy atom. The second kappa shape index (κ2) is 6.05. The Morgan fingerprint density at radius 3 is 2.95 bits per heavy atom. The first-order valence-electron chi connectivity index (χ1n) is 7.49. The van der Waals surface area contributed by atoms with Crippen LogP contribution in [0.4, 0.5) is 0 Å². The van der Waals surface area contributed by atoms with Crippen LogP contribution in [0.15, 0.2) is 34.9 Å². The third-order valence-corrected chi connectivity index (χ3v) is 3.73. The molecule has 0 fully saturated rings. The molecule has 0 saturated carbocycles. The van der Waals surface area contributed by atoms with Crippen LogP contribution >= 0.6 is 0 Å². The molecule has 3 aromatic rings. The molecule has 0 aliphatic rings. The Balaban J connectivity index is 1.71. The largest absolute Gasteiger partial charge is 0.359 e. The molecule has 0 aliphatic carbocycles. The summed E-state index contributed by atoms with van der Waals surface area (Å²) in [6, 6.07) is 9.78. The first kappa shape index (κ1) is 14.4. The molecule has 3 rings (SSSR count). The molecule has 0 radical (unpaired) electrons. The van der Waals surface area contributed by atoms with Crippen LogP contribution in [0.3, 0.4) is 0 Å². The second-order valence-electron chi connectivity index (χ2n) is 5.39. The van der Waals surface area contributed by atoms with Crippen molar-refractivity contribution in [3.63, 3.8) is 0 Å². The van der Waals surface area contributed by atoms with Gasteiger partial charge in [0.25, 0.3) is 5.91 Å². The first-order chi connectivity index (χ1) is 10.7. The minimum atomic E-state index is -0.137. The number of hydrogen-bond acceptors (Lipinski definition) is 3. The Labute approximate surface area is 128 Å².